The molecule has 0 amide bonds. The van der Waals surface area contributed by atoms with E-state index in [9.17, 15) is 0 Å². The lowest BCUT2D eigenvalue weighted by Gasteiger charge is -2.13. The van der Waals surface area contributed by atoms with Gasteiger partial charge >= 0.3 is 0 Å². The lowest BCUT2D eigenvalue weighted by Crippen LogP contribution is -1.96. The van der Waals surface area contributed by atoms with Gasteiger partial charge in [-0.2, -0.15) is 0 Å². The molecule has 3 heterocycles. The summed E-state index contributed by atoms with van der Waals surface area (Å²) in [5, 5.41) is 9.75. The van der Waals surface area contributed by atoms with Crippen molar-refractivity contribution in [2.24, 2.45) is 0 Å². The van der Waals surface area contributed by atoms with Crippen LogP contribution in [0.3, 0.4) is 0 Å². The second kappa shape index (κ2) is 10.6. The van der Waals surface area contributed by atoms with E-state index in [0.29, 0.717) is 0 Å². The van der Waals surface area contributed by atoms with Gasteiger partial charge in [0.15, 0.2) is 0 Å². The van der Waals surface area contributed by atoms with Gasteiger partial charge in [-0.15, -0.1) is 0 Å². The molecule has 0 aliphatic heterocycles. The molecule has 3 nitrogen and oxygen atoms in total. The summed E-state index contributed by atoms with van der Waals surface area (Å²) in [6.07, 6.45) is 0. The highest BCUT2D eigenvalue weighted by molar-refractivity contribution is 6.31. The van der Waals surface area contributed by atoms with Gasteiger partial charge < -0.3 is 13.6 Å². The molecule has 13 rings (SSSR count). The van der Waals surface area contributed by atoms with Crippen LogP contribution in [-0.2, 0) is 0 Å². The van der Waals surface area contributed by atoms with E-state index in [2.05, 4.69) is 191 Å². The highest BCUT2D eigenvalue weighted by Gasteiger charge is 2.26. The van der Waals surface area contributed by atoms with Crippen LogP contribution < -0.4 is 0 Å². The molecule has 0 spiro atoms. The third-order valence-corrected chi connectivity index (χ3v) is 12.0. The lowest BCUT2D eigenvalue weighted by atomic mass is 10.0. The Kier molecular flexibility index (Phi) is 5.63. The van der Waals surface area contributed by atoms with Gasteiger partial charge in [0.1, 0.15) is 11.2 Å². The number of benzene rings is 9. The molecule has 0 saturated heterocycles. The highest BCUT2D eigenvalue weighted by Crippen LogP contribution is 2.50. The van der Waals surface area contributed by atoms with E-state index in [1.807, 2.05) is 0 Å². The topological polar surface area (TPSA) is 23.0 Å². The lowest BCUT2D eigenvalue weighted by molar-refractivity contribution is 0.669. The van der Waals surface area contributed by atoms with E-state index in [1.165, 1.54) is 76.7 Å². The summed E-state index contributed by atoms with van der Waals surface area (Å²) in [6.45, 7) is 0. The first-order valence-electron chi connectivity index (χ1n) is 18.9. The molecule has 1 aliphatic carbocycles. The van der Waals surface area contributed by atoms with Crippen molar-refractivity contribution in [3.8, 4) is 44.8 Å². The van der Waals surface area contributed by atoms with E-state index in [4.69, 9.17) is 4.42 Å². The predicted octanol–water partition coefficient (Wildman–Crippen LogP) is 14.2. The number of hydrogen-bond acceptors (Lipinski definition) is 1. The SMILES string of the molecule is c1ccc(-c2cccc(-n3c4ccc5c6ccccc6n(-c6cc7c8c(cccc8c6)-c6ccccc6-7)c5c4c4ccc5oc6ccccc6c5c43)c2)cc1. The van der Waals surface area contributed by atoms with Gasteiger partial charge in [-0.3, -0.25) is 0 Å². The molecule has 0 N–H and O–H groups in total. The first-order valence-corrected chi connectivity index (χ1v) is 18.9. The summed E-state index contributed by atoms with van der Waals surface area (Å²) in [4.78, 5) is 0. The second-order valence-corrected chi connectivity index (χ2v) is 14.8. The van der Waals surface area contributed by atoms with Gasteiger partial charge in [0.2, 0.25) is 0 Å². The van der Waals surface area contributed by atoms with Crippen LogP contribution in [0.15, 0.2) is 186 Å². The van der Waals surface area contributed by atoms with Crippen molar-refractivity contribution in [3.05, 3.63) is 182 Å². The molecule has 0 bridgehead atoms. The molecular formula is C52H30N2O. The van der Waals surface area contributed by atoms with Gasteiger partial charge in [-0.1, -0.05) is 127 Å². The first-order chi connectivity index (χ1) is 27.3. The molecule has 0 atom stereocenters. The largest absolute Gasteiger partial charge is 0.456 e. The van der Waals surface area contributed by atoms with Crippen LogP contribution in [0.2, 0.25) is 0 Å². The third-order valence-electron chi connectivity index (χ3n) is 12.0. The number of hydrogen-bond donors (Lipinski definition) is 0. The van der Waals surface area contributed by atoms with Gasteiger partial charge in [-0.25, -0.2) is 0 Å². The Labute approximate surface area is 315 Å². The van der Waals surface area contributed by atoms with Crippen LogP contribution in [-0.4, -0.2) is 9.13 Å². The van der Waals surface area contributed by atoms with E-state index >= 15 is 0 Å². The molecule has 3 aromatic heterocycles. The first kappa shape index (κ1) is 29.1. The molecule has 0 saturated carbocycles. The Balaban J connectivity index is 1.22. The minimum atomic E-state index is 0.890. The molecule has 3 heteroatoms. The maximum absolute atomic E-state index is 6.55. The minimum absolute atomic E-state index is 0.890. The highest BCUT2D eigenvalue weighted by atomic mass is 16.3. The average Bonchev–Trinajstić information content (AvgIpc) is 3.98. The van der Waals surface area contributed by atoms with Crippen molar-refractivity contribution < 1.29 is 4.42 Å². The van der Waals surface area contributed by atoms with Crippen molar-refractivity contribution in [2.45, 2.75) is 0 Å². The van der Waals surface area contributed by atoms with Crippen LogP contribution >= 0.6 is 0 Å². The molecular weight excluding hydrogens is 669 g/mol. The van der Waals surface area contributed by atoms with Crippen molar-refractivity contribution in [2.75, 3.05) is 0 Å². The number of aromatic nitrogens is 2. The summed E-state index contributed by atoms with van der Waals surface area (Å²) >= 11 is 0. The average molecular weight is 699 g/mol. The fraction of sp³-hybridized carbons (Fsp3) is 0. The van der Waals surface area contributed by atoms with Crippen LogP contribution in [0, 0.1) is 0 Å². The molecule has 9 aromatic carbocycles. The Hall–Kier alpha value is -7.36. The van der Waals surface area contributed by atoms with Crippen molar-refractivity contribution in [1.82, 2.24) is 9.13 Å². The Bertz CT molecular complexity index is 3600. The smallest absolute Gasteiger partial charge is 0.137 e. The fourth-order valence-electron chi connectivity index (χ4n) is 9.77. The van der Waals surface area contributed by atoms with E-state index in [0.717, 1.165) is 44.3 Å². The van der Waals surface area contributed by atoms with Crippen molar-refractivity contribution in [3.63, 3.8) is 0 Å². The molecule has 12 aromatic rings. The van der Waals surface area contributed by atoms with Gasteiger partial charge in [0.25, 0.3) is 0 Å². The second-order valence-electron chi connectivity index (χ2n) is 14.8. The van der Waals surface area contributed by atoms with E-state index in [1.54, 1.807) is 0 Å². The summed E-state index contributed by atoms with van der Waals surface area (Å²) in [5.74, 6) is 0. The van der Waals surface area contributed by atoms with Gasteiger partial charge in [-0.05, 0) is 98.8 Å². The molecule has 0 fully saturated rings. The zero-order chi connectivity index (χ0) is 35.8. The number of nitrogens with zero attached hydrogens (tertiary/aromatic N) is 2. The van der Waals surface area contributed by atoms with E-state index < -0.39 is 0 Å². The maximum atomic E-state index is 6.55. The van der Waals surface area contributed by atoms with Crippen LogP contribution in [0.25, 0.3) is 121 Å². The summed E-state index contributed by atoms with van der Waals surface area (Å²) in [5.41, 5.74) is 16.4. The number of fused-ring (bicyclic) bond motifs is 14. The molecule has 1 aliphatic rings. The standard InChI is InChI=1S/C52H30N2O/c1-2-12-31(13-3-1)32-14-10-16-34(28-32)53-45-26-24-40-38-19-6-8-22-44(38)54(35-29-33-15-11-21-39-36-17-4-5-18-37(36)43(30-35)48(33)39)51(40)49(45)42-25-27-47-50(52(42)53)41-20-7-9-23-46(41)55-47/h1-30H. The van der Waals surface area contributed by atoms with Gasteiger partial charge in [0, 0.05) is 38.3 Å². The number of para-hydroxylation sites is 2. The Morgan fingerprint density at radius 3 is 1.93 bits per heavy atom. The summed E-state index contributed by atoms with van der Waals surface area (Å²) in [6, 6.07) is 66.5. The number of rotatable bonds is 3. The van der Waals surface area contributed by atoms with Crippen LogP contribution in [0.4, 0.5) is 0 Å². The summed E-state index contributed by atoms with van der Waals surface area (Å²) in [7, 11) is 0. The van der Waals surface area contributed by atoms with Crippen LogP contribution in [0.5, 0.6) is 0 Å². The zero-order valence-electron chi connectivity index (χ0n) is 29.6. The maximum Gasteiger partial charge on any atom is 0.137 e. The van der Waals surface area contributed by atoms with Crippen LogP contribution in [0.1, 0.15) is 0 Å². The predicted molar refractivity (Wildman–Crippen MR) is 230 cm³/mol. The van der Waals surface area contributed by atoms with E-state index in [-0.39, 0.29) is 0 Å². The fourth-order valence-corrected chi connectivity index (χ4v) is 9.77. The Morgan fingerprint density at radius 2 is 1.02 bits per heavy atom. The van der Waals surface area contributed by atoms with Crippen molar-refractivity contribution in [1.29, 1.82) is 0 Å². The number of furan rings is 1. The minimum Gasteiger partial charge on any atom is -0.456 e. The third kappa shape index (κ3) is 3.84. The van der Waals surface area contributed by atoms with Crippen molar-refractivity contribution >= 4 is 76.3 Å². The zero-order valence-corrected chi connectivity index (χ0v) is 29.6. The molecule has 0 radical (unpaired) electrons. The Morgan fingerprint density at radius 1 is 0.327 bits per heavy atom. The molecule has 55 heavy (non-hydrogen) atoms. The summed E-state index contributed by atoms with van der Waals surface area (Å²) < 4.78 is 11.6. The van der Waals surface area contributed by atoms with Gasteiger partial charge in [0.05, 0.1) is 27.5 Å². The molecule has 0 unspecified atom stereocenters. The monoisotopic (exact) mass is 698 g/mol. The normalized spacial score (nSPS) is 12.4. The molecule has 254 valence electrons. The quantitative estimate of drug-likeness (QED) is 0.180.